The van der Waals surface area contributed by atoms with Gasteiger partial charge in [-0.25, -0.2) is 0 Å². The molecular formula is C15H22F3NO. The molecule has 114 valence electrons. The fourth-order valence-corrected chi connectivity index (χ4v) is 2.00. The number of nitrogens with zero attached hydrogens (tertiary/aromatic N) is 1. The molecular weight excluding hydrogens is 267 g/mol. The second-order valence-corrected chi connectivity index (χ2v) is 4.99. The first-order valence-corrected chi connectivity index (χ1v) is 6.94. The van der Waals surface area contributed by atoms with Crippen molar-refractivity contribution in [3.05, 3.63) is 29.8 Å². The molecule has 0 bridgehead atoms. The zero-order valence-corrected chi connectivity index (χ0v) is 12.0. The number of hydrogen-bond acceptors (Lipinski definition) is 2. The van der Waals surface area contributed by atoms with Crippen molar-refractivity contribution in [1.29, 1.82) is 0 Å². The third kappa shape index (κ3) is 7.38. The average molecular weight is 289 g/mol. The van der Waals surface area contributed by atoms with Crippen LogP contribution in [-0.4, -0.2) is 24.9 Å². The Bertz CT molecular complexity index is 376. The highest BCUT2D eigenvalue weighted by Crippen LogP contribution is 2.23. The van der Waals surface area contributed by atoms with Crippen LogP contribution in [0, 0.1) is 0 Å². The molecule has 0 aliphatic rings. The monoisotopic (exact) mass is 289 g/mol. The molecule has 0 N–H and O–H groups in total. The molecule has 0 aliphatic carbocycles. The lowest BCUT2D eigenvalue weighted by Crippen LogP contribution is -2.19. The standard InChI is InChI=1S/C15H22F3NO/c1-3-4-5-6-11-19(2)12-13-7-9-14(10-8-13)20-15(16,17)18/h7-10H,3-6,11-12H2,1-2H3. The van der Waals surface area contributed by atoms with Crippen molar-refractivity contribution in [2.75, 3.05) is 13.6 Å². The van der Waals surface area contributed by atoms with Crippen molar-refractivity contribution < 1.29 is 17.9 Å². The van der Waals surface area contributed by atoms with E-state index in [9.17, 15) is 13.2 Å². The molecule has 1 aromatic rings. The Balaban J connectivity index is 2.37. The fraction of sp³-hybridized carbons (Fsp3) is 0.600. The minimum Gasteiger partial charge on any atom is -0.406 e. The SMILES string of the molecule is CCCCCCN(C)Cc1ccc(OC(F)(F)F)cc1. The molecule has 5 heteroatoms. The van der Waals surface area contributed by atoms with Crippen molar-refractivity contribution in [1.82, 2.24) is 4.90 Å². The molecule has 2 nitrogen and oxygen atoms in total. The van der Waals surface area contributed by atoms with Crippen LogP contribution < -0.4 is 4.74 Å². The lowest BCUT2D eigenvalue weighted by molar-refractivity contribution is -0.274. The van der Waals surface area contributed by atoms with Gasteiger partial charge in [-0.15, -0.1) is 13.2 Å². The van der Waals surface area contributed by atoms with Crippen molar-refractivity contribution in [3.63, 3.8) is 0 Å². The summed E-state index contributed by atoms with van der Waals surface area (Å²) in [5, 5.41) is 0. The van der Waals surface area contributed by atoms with E-state index in [2.05, 4.69) is 16.6 Å². The van der Waals surface area contributed by atoms with Crippen LogP contribution in [0.3, 0.4) is 0 Å². The van der Waals surface area contributed by atoms with Crippen LogP contribution in [0.1, 0.15) is 38.2 Å². The molecule has 0 fully saturated rings. The van der Waals surface area contributed by atoms with E-state index in [4.69, 9.17) is 0 Å². The number of rotatable bonds is 8. The molecule has 0 heterocycles. The zero-order chi connectivity index (χ0) is 15.0. The number of unbranched alkanes of at least 4 members (excludes halogenated alkanes) is 3. The molecule has 0 aliphatic heterocycles. The fourth-order valence-electron chi connectivity index (χ4n) is 2.00. The van der Waals surface area contributed by atoms with Crippen LogP contribution in [0.2, 0.25) is 0 Å². The third-order valence-corrected chi connectivity index (χ3v) is 3.00. The summed E-state index contributed by atoms with van der Waals surface area (Å²) in [4.78, 5) is 2.18. The van der Waals surface area contributed by atoms with Crippen LogP contribution in [-0.2, 0) is 6.54 Å². The van der Waals surface area contributed by atoms with Crippen molar-refractivity contribution in [2.45, 2.75) is 45.5 Å². The maximum absolute atomic E-state index is 12.0. The average Bonchev–Trinajstić information content (AvgIpc) is 2.35. The van der Waals surface area contributed by atoms with Crippen LogP contribution in [0.25, 0.3) is 0 Å². The number of halogens is 3. The highest BCUT2D eigenvalue weighted by atomic mass is 19.4. The van der Waals surface area contributed by atoms with Gasteiger partial charge in [0.15, 0.2) is 0 Å². The minimum atomic E-state index is -4.63. The molecule has 0 radical (unpaired) electrons. The highest BCUT2D eigenvalue weighted by molar-refractivity contribution is 5.27. The van der Waals surface area contributed by atoms with Crippen molar-refractivity contribution in [3.8, 4) is 5.75 Å². The molecule has 20 heavy (non-hydrogen) atoms. The van der Waals surface area contributed by atoms with Gasteiger partial charge in [0.2, 0.25) is 0 Å². The van der Waals surface area contributed by atoms with Crippen LogP contribution in [0.5, 0.6) is 5.75 Å². The van der Waals surface area contributed by atoms with Crippen molar-refractivity contribution >= 4 is 0 Å². The van der Waals surface area contributed by atoms with Gasteiger partial charge in [-0.1, -0.05) is 38.3 Å². The lowest BCUT2D eigenvalue weighted by Gasteiger charge is -2.17. The van der Waals surface area contributed by atoms with Gasteiger partial charge < -0.3 is 9.64 Å². The quantitative estimate of drug-likeness (QED) is 0.649. The molecule has 0 amide bonds. The van der Waals surface area contributed by atoms with Gasteiger partial charge in [0.1, 0.15) is 5.75 Å². The predicted octanol–water partition coefficient (Wildman–Crippen LogP) is 4.60. The molecule has 0 saturated heterocycles. The molecule has 0 spiro atoms. The molecule has 0 saturated carbocycles. The predicted molar refractivity (Wildman–Crippen MR) is 73.6 cm³/mol. The van der Waals surface area contributed by atoms with E-state index < -0.39 is 6.36 Å². The molecule has 0 aromatic heterocycles. The van der Waals surface area contributed by atoms with E-state index in [0.717, 1.165) is 25.1 Å². The summed E-state index contributed by atoms with van der Waals surface area (Å²) in [6.45, 7) is 3.91. The Hall–Kier alpha value is -1.23. The lowest BCUT2D eigenvalue weighted by atomic mass is 10.2. The molecule has 1 aromatic carbocycles. The van der Waals surface area contributed by atoms with Gasteiger partial charge in [0.25, 0.3) is 0 Å². The smallest absolute Gasteiger partial charge is 0.406 e. The maximum atomic E-state index is 12.0. The highest BCUT2D eigenvalue weighted by Gasteiger charge is 2.30. The van der Waals surface area contributed by atoms with E-state index >= 15 is 0 Å². The molecule has 1 rings (SSSR count). The van der Waals surface area contributed by atoms with E-state index in [1.165, 1.54) is 31.4 Å². The largest absolute Gasteiger partial charge is 0.573 e. The first kappa shape index (κ1) is 16.8. The van der Waals surface area contributed by atoms with Gasteiger partial charge >= 0.3 is 6.36 Å². The topological polar surface area (TPSA) is 12.5 Å². The Labute approximate surface area is 118 Å². The normalized spacial score (nSPS) is 11.9. The second-order valence-electron chi connectivity index (χ2n) is 4.99. The van der Waals surface area contributed by atoms with E-state index in [-0.39, 0.29) is 5.75 Å². The number of hydrogen-bond donors (Lipinski definition) is 0. The van der Waals surface area contributed by atoms with Crippen LogP contribution in [0.4, 0.5) is 13.2 Å². The maximum Gasteiger partial charge on any atom is 0.573 e. The third-order valence-electron chi connectivity index (χ3n) is 3.00. The van der Waals surface area contributed by atoms with Gasteiger partial charge in [-0.3, -0.25) is 0 Å². The summed E-state index contributed by atoms with van der Waals surface area (Å²) in [5.74, 6) is -0.174. The summed E-state index contributed by atoms with van der Waals surface area (Å²) in [7, 11) is 2.02. The van der Waals surface area contributed by atoms with Gasteiger partial charge in [0.05, 0.1) is 0 Å². The van der Waals surface area contributed by atoms with Gasteiger partial charge in [-0.2, -0.15) is 0 Å². The Morgan fingerprint density at radius 2 is 1.70 bits per heavy atom. The first-order valence-electron chi connectivity index (χ1n) is 6.94. The number of alkyl halides is 3. The second kappa shape index (κ2) is 8.15. The number of benzene rings is 1. The Morgan fingerprint density at radius 1 is 1.05 bits per heavy atom. The van der Waals surface area contributed by atoms with Gasteiger partial charge in [-0.05, 0) is 37.7 Å². The summed E-state index contributed by atoms with van der Waals surface area (Å²) < 4.78 is 39.9. The van der Waals surface area contributed by atoms with E-state index in [1.807, 2.05) is 7.05 Å². The summed E-state index contributed by atoms with van der Waals surface area (Å²) >= 11 is 0. The Kier molecular flexibility index (Phi) is 6.85. The number of ether oxygens (including phenoxy) is 1. The first-order chi connectivity index (χ1) is 9.40. The summed E-state index contributed by atoms with van der Waals surface area (Å²) in [6.07, 6.45) is 0.206. The van der Waals surface area contributed by atoms with Crippen LogP contribution >= 0.6 is 0 Å². The summed E-state index contributed by atoms with van der Waals surface area (Å²) in [6, 6.07) is 6.05. The molecule has 0 unspecified atom stereocenters. The zero-order valence-electron chi connectivity index (χ0n) is 12.0. The van der Waals surface area contributed by atoms with E-state index in [0.29, 0.717) is 0 Å². The van der Waals surface area contributed by atoms with Gasteiger partial charge in [0, 0.05) is 6.54 Å². The minimum absolute atomic E-state index is 0.174. The molecule has 0 atom stereocenters. The Morgan fingerprint density at radius 3 is 2.25 bits per heavy atom. The summed E-state index contributed by atoms with van der Waals surface area (Å²) in [5.41, 5.74) is 0.984. The van der Waals surface area contributed by atoms with E-state index in [1.54, 1.807) is 12.1 Å². The van der Waals surface area contributed by atoms with Crippen molar-refractivity contribution in [2.24, 2.45) is 0 Å². The van der Waals surface area contributed by atoms with Crippen LogP contribution in [0.15, 0.2) is 24.3 Å².